The van der Waals surface area contributed by atoms with Gasteiger partial charge in [0.25, 0.3) is 5.91 Å². The monoisotopic (exact) mass is 312 g/mol. The van der Waals surface area contributed by atoms with Crippen molar-refractivity contribution in [2.24, 2.45) is 0 Å². The molecule has 0 spiro atoms. The third-order valence-corrected chi connectivity index (χ3v) is 2.83. The van der Waals surface area contributed by atoms with Gasteiger partial charge < -0.3 is 15.4 Å². The van der Waals surface area contributed by atoms with Gasteiger partial charge in [-0.15, -0.1) is 6.58 Å². The molecule has 0 radical (unpaired) electrons. The Kier molecular flexibility index (Phi) is 6.46. The lowest BCUT2D eigenvalue weighted by atomic mass is 10.2. The topological polar surface area (TPSA) is 50.4 Å². The third-order valence-electron chi connectivity index (χ3n) is 2.21. The number of rotatable bonds is 7. The fourth-order valence-electron chi connectivity index (χ4n) is 1.42. The quantitative estimate of drug-likeness (QED) is 0.756. The number of halogens is 1. The molecule has 0 heterocycles. The SMILES string of the molecule is C=CCNC(=O)COc1c(Br)cccc1CNC. The first-order valence-electron chi connectivity index (χ1n) is 5.61. The number of amides is 1. The highest BCUT2D eigenvalue weighted by atomic mass is 79.9. The second-order valence-electron chi connectivity index (χ2n) is 3.64. The van der Waals surface area contributed by atoms with Crippen molar-refractivity contribution in [2.45, 2.75) is 6.54 Å². The van der Waals surface area contributed by atoms with E-state index in [1.54, 1.807) is 6.08 Å². The zero-order chi connectivity index (χ0) is 13.4. The summed E-state index contributed by atoms with van der Waals surface area (Å²) < 4.78 is 6.39. The van der Waals surface area contributed by atoms with Crippen LogP contribution in [0.5, 0.6) is 5.75 Å². The Hall–Kier alpha value is -1.33. The second-order valence-corrected chi connectivity index (χ2v) is 4.49. The van der Waals surface area contributed by atoms with E-state index < -0.39 is 0 Å². The van der Waals surface area contributed by atoms with Crippen LogP contribution in [0.25, 0.3) is 0 Å². The van der Waals surface area contributed by atoms with Crippen molar-refractivity contribution in [2.75, 3.05) is 20.2 Å². The van der Waals surface area contributed by atoms with Gasteiger partial charge in [0.05, 0.1) is 4.47 Å². The summed E-state index contributed by atoms with van der Waals surface area (Å²) in [6, 6.07) is 5.77. The van der Waals surface area contributed by atoms with Crippen molar-refractivity contribution in [1.82, 2.24) is 10.6 Å². The summed E-state index contributed by atoms with van der Waals surface area (Å²) in [6.07, 6.45) is 1.63. The Labute approximate surface area is 116 Å². The van der Waals surface area contributed by atoms with Crippen LogP contribution in [0.15, 0.2) is 35.3 Å². The number of hydrogen-bond acceptors (Lipinski definition) is 3. The first-order valence-corrected chi connectivity index (χ1v) is 6.40. The highest BCUT2D eigenvalue weighted by Gasteiger charge is 2.09. The van der Waals surface area contributed by atoms with Gasteiger partial charge in [-0.1, -0.05) is 18.2 Å². The Morgan fingerprint density at radius 3 is 3.00 bits per heavy atom. The van der Waals surface area contributed by atoms with Gasteiger partial charge in [-0.05, 0) is 29.0 Å². The van der Waals surface area contributed by atoms with E-state index in [0.29, 0.717) is 18.8 Å². The molecule has 1 rings (SSSR count). The maximum absolute atomic E-state index is 11.4. The van der Waals surface area contributed by atoms with Gasteiger partial charge in [0.1, 0.15) is 5.75 Å². The number of benzene rings is 1. The Balaban J connectivity index is 2.65. The van der Waals surface area contributed by atoms with Crippen molar-refractivity contribution >= 4 is 21.8 Å². The molecule has 5 heteroatoms. The first kappa shape index (κ1) is 14.7. The lowest BCUT2D eigenvalue weighted by Gasteiger charge is -2.12. The van der Waals surface area contributed by atoms with E-state index in [1.165, 1.54) is 0 Å². The maximum atomic E-state index is 11.4. The van der Waals surface area contributed by atoms with Crippen molar-refractivity contribution in [3.05, 3.63) is 40.9 Å². The lowest BCUT2D eigenvalue weighted by molar-refractivity contribution is -0.122. The summed E-state index contributed by atoms with van der Waals surface area (Å²) >= 11 is 3.42. The standard InChI is InChI=1S/C13H17BrN2O2/c1-3-7-16-12(17)9-18-13-10(8-15-2)5-4-6-11(13)14/h3-6,15H,1,7-9H2,2H3,(H,16,17). The summed E-state index contributed by atoms with van der Waals surface area (Å²) in [5.74, 6) is 0.529. The van der Waals surface area contributed by atoms with E-state index >= 15 is 0 Å². The number of hydrogen-bond donors (Lipinski definition) is 2. The van der Waals surface area contributed by atoms with Crippen LogP contribution in [0.2, 0.25) is 0 Å². The molecule has 0 atom stereocenters. The van der Waals surface area contributed by atoms with E-state index in [0.717, 1.165) is 10.0 Å². The minimum atomic E-state index is -0.166. The average molecular weight is 313 g/mol. The molecule has 0 aliphatic carbocycles. The van der Waals surface area contributed by atoms with Crippen molar-refractivity contribution in [3.63, 3.8) is 0 Å². The summed E-state index contributed by atoms with van der Waals surface area (Å²) in [6.45, 7) is 4.65. The number of para-hydroxylation sites is 1. The van der Waals surface area contributed by atoms with Crippen LogP contribution in [0.1, 0.15) is 5.56 Å². The van der Waals surface area contributed by atoms with Crippen LogP contribution in [0, 0.1) is 0 Å². The maximum Gasteiger partial charge on any atom is 0.258 e. The molecule has 0 aliphatic rings. The van der Waals surface area contributed by atoms with E-state index in [4.69, 9.17) is 4.74 Å². The van der Waals surface area contributed by atoms with Gasteiger partial charge in [0.2, 0.25) is 0 Å². The Bertz CT molecular complexity index is 421. The summed E-state index contributed by atoms with van der Waals surface area (Å²) in [5, 5.41) is 5.72. The lowest BCUT2D eigenvalue weighted by Crippen LogP contribution is -2.29. The van der Waals surface area contributed by atoms with E-state index in [1.807, 2.05) is 25.2 Å². The molecule has 18 heavy (non-hydrogen) atoms. The minimum absolute atomic E-state index is 0.00678. The molecule has 1 aromatic rings. The largest absolute Gasteiger partial charge is 0.482 e. The average Bonchev–Trinajstić information content (AvgIpc) is 2.36. The summed E-state index contributed by atoms with van der Waals surface area (Å²) in [7, 11) is 1.86. The fraction of sp³-hybridized carbons (Fsp3) is 0.308. The van der Waals surface area contributed by atoms with Gasteiger partial charge in [-0.3, -0.25) is 4.79 Å². The van der Waals surface area contributed by atoms with Gasteiger partial charge in [-0.25, -0.2) is 0 Å². The molecule has 2 N–H and O–H groups in total. The van der Waals surface area contributed by atoms with E-state index in [9.17, 15) is 4.79 Å². The van der Waals surface area contributed by atoms with Crippen LogP contribution >= 0.6 is 15.9 Å². The van der Waals surface area contributed by atoms with Crippen molar-refractivity contribution in [3.8, 4) is 5.75 Å². The predicted octanol–water partition coefficient (Wildman–Crippen LogP) is 1.85. The van der Waals surface area contributed by atoms with Crippen molar-refractivity contribution < 1.29 is 9.53 Å². The molecule has 1 amide bonds. The third kappa shape index (κ3) is 4.50. The highest BCUT2D eigenvalue weighted by Crippen LogP contribution is 2.28. The molecule has 4 nitrogen and oxygen atoms in total. The molecule has 1 aromatic carbocycles. The van der Waals surface area contributed by atoms with Crippen LogP contribution in [-0.4, -0.2) is 26.1 Å². The van der Waals surface area contributed by atoms with Crippen molar-refractivity contribution in [1.29, 1.82) is 0 Å². The van der Waals surface area contributed by atoms with Gasteiger partial charge in [0, 0.05) is 18.7 Å². The summed E-state index contributed by atoms with van der Waals surface area (Å²) in [5.41, 5.74) is 1.00. The second kappa shape index (κ2) is 7.89. The minimum Gasteiger partial charge on any atom is -0.482 e. The van der Waals surface area contributed by atoms with Gasteiger partial charge >= 0.3 is 0 Å². The molecule has 0 saturated carbocycles. The molecule has 0 aromatic heterocycles. The molecule has 0 fully saturated rings. The van der Waals surface area contributed by atoms with E-state index in [2.05, 4.69) is 33.1 Å². The molecule has 0 saturated heterocycles. The number of carbonyl (C=O) groups excluding carboxylic acids is 1. The molecule has 98 valence electrons. The smallest absolute Gasteiger partial charge is 0.258 e. The molecule has 0 bridgehead atoms. The van der Waals surface area contributed by atoms with Gasteiger partial charge in [0.15, 0.2) is 6.61 Å². The van der Waals surface area contributed by atoms with Crippen LogP contribution in [-0.2, 0) is 11.3 Å². The number of nitrogens with one attached hydrogen (secondary N) is 2. The van der Waals surface area contributed by atoms with Gasteiger partial charge in [-0.2, -0.15) is 0 Å². The Morgan fingerprint density at radius 1 is 1.56 bits per heavy atom. The molecular formula is C13H17BrN2O2. The summed E-state index contributed by atoms with van der Waals surface area (Å²) in [4.78, 5) is 11.4. The predicted molar refractivity (Wildman–Crippen MR) is 75.6 cm³/mol. The highest BCUT2D eigenvalue weighted by molar-refractivity contribution is 9.10. The Morgan fingerprint density at radius 2 is 2.33 bits per heavy atom. The molecule has 0 unspecified atom stereocenters. The zero-order valence-corrected chi connectivity index (χ0v) is 11.9. The van der Waals surface area contributed by atoms with Crippen LogP contribution < -0.4 is 15.4 Å². The first-order chi connectivity index (χ1) is 8.69. The van der Waals surface area contributed by atoms with Crippen LogP contribution in [0.3, 0.4) is 0 Å². The molecular weight excluding hydrogens is 296 g/mol. The molecule has 0 aliphatic heterocycles. The fourth-order valence-corrected chi connectivity index (χ4v) is 1.94. The normalized spacial score (nSPS) is 9.89. The number of ether oxygens (including phenoxy) is 1. The van der Waals surface area contributed by atoms with Crippen LogP contribution in [0.4, 0.5) is 0 Å². The van der Waals surface area contributed by atoms with E-state index in [-0.39, 0.29) is 12.5 Å². The zero-order valence-electron chi connectivity index (χ0n) is 10.3. The number of carbonyl (C=O) groups is 1.